The number of sulfonamides is 1. The maximum atomic E-state index is 13.8. The number of amides is 1. The van der Waals surface area contributed by atoms with Crippen LogP contribution in [-0.2, 0) is 14.8 Å². The van der Waals surface area contributed by atoms with Gasteiger partial charge in [-0.05, 0) is 69.3 Å². The van der Waals surface area contributed by atoms with Crippen molar-refractivity contribution in [3.05, 3.63) is 48.0 Å². The summed E-state index contributed by atoms with van der Waals surface area (Å²) in [6, 6.07) is 11.9. The van der Waals surface area contributed by atoms with Gasteiger partial charge in [-0.25, -0.2) is 13.4 Å². The van der Waals surface area contributed by atoms with Gasteiger partial charge in [0, 0.05) is 38.9 Å². The second-order valence-electron chi connectivity index (χ2n) is 9.46. The summed E-state index contributed by atoms with van der Waals surface area (Å²) in [6.07, 6.45) is 1.72. The van der Waals surface area contributed by atoms with Crippen molar-refractivity contribution in [3.63, 3.8) is 0 Å². The van der Waals surface area contributed by atoms with Gasteiger partial charge in [-0.2, -0.15) is 4.31 Å². The molecule has 1 aliphatic rings. The SMILES string of the molecule is CCOc1cccc2sc(N(CCN(CC)CC)C(=O)c3ccc(S(=O)(=O)N(C)CC4CCCO4)cc3)nc12.Cl. The molecule has 2 heterocycles. The normalized spacial score (nSPS) is 15.5. The smallest absolute Gasteiger partial charge is 0.260 e. The minimum absolute atomic E-state index is 0. The third-order valence-corrected chi connectivity index (χ3v) is 9.86. The van der Waals surface area contributed by atoms with Crippen LogP contribution in [0.5, 0.6) is 5.75 Å². The molecule has 1 aromatic heterocycles. The van der Waals surface area contributed by atoms with Crippen LogP contribution in [0.2, 0.25) is 0 Å². The standard InChI is InChI=1S/C28H38N4O5S2.ClH/c1-5-31(6-2)17-18-32(28-29-26-24(36-7-3)11-8-12-25(26)38-28)27(33)21-13-15-23(16-14-21)39(34,35)30(4)20-22-10-9-19-37-22;/h8,11-16,22H,5-7,9-10,17-20H2,1-4H3;1H. The number of hydrogen-bond donors (Lipinski definition) is 0. The van der Waals surface area contributed by atoms with Crippen LogP contribution < -0.4 is 9.64 Å². The molecule has 2 aromatic carbocycles. The summed E-state index contributed by atoms with van der Waals surface area (Å²) in [5.74, 6) is 0.464. The van der Waals surface area contributed by atoms with E-state index in [1.807, 2.05) is 25.1 Å². The number of fused-ring (bicyclic) bond motifs is 1. The summed E-state index contributed by atoms with van der Waals surface area (Å²) < 4.78 is 39.9. The van der Waals surface area contributed by atoms with Crippen molar-refractivity contribution in [2.45, 2.75) is 44.6 Å². The van der Waals surface area contributed by atoms with Crippen LogP contribution in [0.15, 0.2) is 47.4 Å². The first-order valence-electron chi connectivity index (χ1n) is 13.5. The predicted molar refractivity (Wildman–Crippen MR) is 163 cm³/mol. The first kappa shape index (κ1) is 32.2. The molecule has 1 fully saturated rings. The number of carbonyl (C=O) groups is 1. The fourth-order valence-electron chi connectivity index (χ4n) is 4.64. The minimum atomic E-state index is -3.70. The number of para-hydroxylation sites is 1. The van der Waals surface area contributed by atoms with E-state index in [1.54, 1.807) is 24.1 Å². The van der Waals surface area contributed by atoms with Gasteiger partial charge in [0.15, 0.2) is 5.13 Å². The molecule has 9 nitrogen and oxygen atoms in total. The third kappa shape index (κ3) is 7.32. The van der Waals surface area contributed by atoms with Gasteiger partial charge in [0.1, 0.15) is 11.3 Å². The van der Waals surface area contributed by atoms with Crippen LogP contribution in [0.4, 0.5) is 5.13 Å². The molecule has 0 bridgehead atoms. The molecule has 0 saturated carbocycles. The monoisotopic (exact) mass is 610 g/mol. The van der Waals surface area contributed by atoms with E-state index >= 15 is 0 Å². The van der Waals surface area contributed by atoms with Crippen molar-refractivity contribution >= 4 is 55.0 Å². The zero-order chi connectivity index (χ0) is 28.0. The Kier molecular flexibility index (Phi) is 11.7. The van der Waals surface area contributed by atoms with Crippen molar-refractivity contribution in [2.24, 2.45) is 0 Å². The third-order valence-electron chi connectivity index (χ3n) is 6.98. The molecule has 12 heteroatoms. The van der Waals surface area contributed by atoms with E-state index in [0.29, 0.717) is 49.3 Å². The number of anilines is 1. The van der Waals surface area contributed by atoms with Crippen LogP contribution in [-0.4, -0.2) is 87.6 Å². The molecular formula is C28H39ClN4O5S2. The molecule has 0 aliphatic carbocycles. The Hall–Kier alpha value is -2.28. The van der Waals surface area contributed by atoms with Gasteiger partial charge < -0.3 is 14.4 Å². The van der Waals surface area contributed by atoms with Gasteiger partial charge in [-0.3, -0.25) is 9.69 Å². The zero-order valence-corrected chi connectivity index (χ0v) is 26.0. The number of benzene rings is 2. The van der Waals surface area contributed by atoms with E-state index in [1.165, 1.54) is 27.8 Å². The molecule has 1 saturated heterocycles. The van der Waals surface area contributed by atoms with Crippen molar-refractivity contribution < 1.29 is 22.7 Å². The Morgan fingerprint density at radius 1 is 1.10 bits per heavy atom. The van der Waals surface area contributed by atoms with Gasteiger partial charge in [0.05, 0.1) is 22.3 Å². The summed E-state index contributed by atoms with van der Waals surface area (Å²) in [6.45, 7) is 10.5. The lowest BCUT2D eigenvalue weighted by Gasteiger charge is -2.25. The van der Waals surface area contributed by atoms with Gasteiger partial charge in [0.2, 0.25) is 10.0 Å². The highest BCUT2D eigenvalue weighted by molar-refractivity contribution is 7.89. The highest BCUT2D eigenvalue weighted by atomic mass is 35.5. The Balaban J connectivity index is 0.00000441. The molecular weight excluding hydrogens is 572 g/mol. The van der Waals surface area contributed by atoms with Crippen LogP contribution in [0.1, 0.15) is 44.0 Å². The quantitative estimate of drug-likeness (QED) is 0.272. The first-order valence-corrected chi connectivity index (χ1v) is 15.8. The number of halogens is 1. The second-order valence-corrected chi connectivity index (χ2v) is 12.5. The molecule has 40 heavy (non-hydrogen) atoms. The zero-order valence-electron chi connectivity index (χ0n) is 23.5. The highest BCUT2D eigenvalue weighted by Crippen LogP contribution is 2.35. The molecule has 0 N–H and O–H groups in total. The highest BCUT2D eigenvalue weighted by Gasteiger charge is 2.27. The maximum absolute atomic E-state index is 13.8. The van der Waals surface area contributed by atoms with Crippen LogP contribution in [0, 0.1) is 0 Å². The average molecular weight is 611 g/mol. The van der Waals surface area contributed by atoms with E-state index < -0.39 is 10.0 Å². The van der Waals surface area contributed by atoms with E-state index in [4.69, 9.17) is 14.5 Å². The lowest BCUT2D eigenvalue weighted by atomic mass is 10.2. The fraction of sp³-hybridized carbons (Fsp3) is 0.500. The maximum Gasteiger partial charge on any atom is 0.260 e. The molecule has 1 unspecified atom stereocenters. The Morgan fingerprint density at radius 3 is 2.45 bits per heavy atom. The van der Waals surface area contributed by atoms with Gasteiger partial charge in [-0.1, -0.05) is 31.3 Å². The number of likely N-dealkylation sites (N-methyl/N-ethyl adjacent to an activating group) is 2. The lowest BCUT2D eigenvalue weighted by molar-refractivity contribution is 0.0978. The lowest BCUT2D eigenvalue weighted by Crippen LogP contribution is -2.39. The molecule has 3 aromatic rings. The molecule has 1 atom stereocenters. The van der Waals surface area contributed by atoms with E-state index in [2.05, 4.69) is 18.7 Å². The largest absolute Gasteiger partial charge is 0.492 e. The summed E-state index contributed by atoms with van der Waals surface area (Å²) in [7, 11) is -2.14. The Morgan fingerprint density at radius 2 is 1.82 bits per heavy atom. The summed E-state index contributed by atoms with van der Waals surface area (Å²) in [4.78, 5) is 22.7. The number of nitrogens with zero attached hydrogens (tertiary/aromatic N) is 4. The van der Waals surface area contributed by atoms with Crippen LogP contribution in [0.25, 0.3) is 10.2 Å². The number of thiazole rings is 1. The van der Waals surface area contributed by atoms with Gasteiger partial charge in [0.25, 0.3) is 5.91 Å². The number of aromatic nitrogens is 1. The van der Waals surface area contributed by atoms with Crippen molar-refractivity contribution in [2.75, 3.05) is 57.9 Å². The fourth-order valence-corrected chi connectivity index (χ4v) is 6.85. The molecule has 1 aliphatic heterocycles. The van der Waals surface area contributed by atoms with Gasteiger partial charge >= 0.3 is 0 Å². The molecule has 1 amide bonds. The van der Waals surface area contributed by atoms with Crippen molar-refractivity contribution in [1.29, 1.82) is 0 Å². The van der Waals surface area contributed by atoms with E-state index in [9.17, 15) is 13.2 Å². The average Bonchev–Trinajstić information content (AvgIpc) is 3.61. The second kappa shape index (κ2) is 14.6. The molecule has 4 rings (SSSR count). The predicted octanol–water partition coefficient (Wildman–Crippen LogP) is 4.90. The first-order chi connectivity index (χ1) is 18.8. The molecule has 220 valence electrons. The van der Waals surface area contributed by atoms with E-state index in [-0.39, 0.29) is 29.3 Å². The number of carbonyl (C=O) groups excluding carboxylic acids is 1. The number of hydrogen-bond acceptors (Lipinski definition) is 8. The Labute approximate surface area is 247 Å². The van der Waals surface area contributed by atoms with E-state index in [0.717, 1.165) is 36.1 Å². The summed E-state index contributed by atoms with van der Waals surface area (Å²) in [5.41, 5.74) is 1.13. The Bertz CT molecular complexity index is 1360. The van der Waals surface area contributed by atoms with Crippen LogP contribution >= 0.6 is 23.7 Å². The van der Waals surface area contributed by atoms with Crippen molar-refractivity contribution in [3.8, 4) is 5.75 Å². The van der Waals surface area contributed by atoms with Crippen molar-refractivity contribution in [1.82, 2.24) is 14.2 Å². The molecule has 0 radical (unpaired) electrons. The summed E-state index contributed by atoms with van der Waals surface area (Å²) in [5, 5.41) is 0.585. The summed E-state index contributed by atoms with van der Waals surface area (Å²) >= 11 is 1.44. The topological polar surface area (TPSA) is 92.3 Å². The molecule has 0 spiro atoms. The number of rotatable bonds is 13. The van der Waals surface area contributed by atoms with Crippen LogP contribution in [0.3, 0.4) is 0 Å². The van der Waals surface area contributed by atoms with Gasteiger partial charge in [-0.15, -0.1) is 12.4 Å². The minimum Gasteiger partial charge on any atom is -0.492 e. The number of ether oxygens (including phenoxy) is 2.